The predicted molar refractivity (Wildman–Crippen MR) is 69.5 cm³/mol. The van der Waals surface area contributed by atoms with Crippen molar-refractivity contribution in [3.05, 3.63) is 0 Å². The van der Waals surface area contributed by atoms with E-state index in [1.54, 1.807) is 0 Å². The highest BCUT2D eigenvalue weighted by atomic mass is 32.2. The largest absolute Gasteiger partial charge is 0.313 e. The fourth-order valence-electron chi connectivity index (χ4n) is 2.82. The molecule has 2 saturated carbocycles. The monoisotopic (exact) mass is 227 g/mol. The summed E-state index contributed by atoms with van der Waals surface area (Å²) < 4.78 is 0.614. The molecule has 2 aliphatic rings. The van der Waals surface area contributed by atoms with Crippen LogP contribution in [0.3, 0.4) is 0 Å². The molecule has 0 unspecified atom stereocenters. The van der Waals surface area contributed by atoms with Crippen LogP contribution in [0.4, 0.5) is 0 Å². The molecule has 0 amide bonds. The van der Waals surface area contributed by atoms with Crippen LogP contribution in [0.15, 0.2) is 0 Å². The molecule has 0 bridgehead atoms. The van der Waals surface area contributed by atoms with Gasteiger partial charge >= 0.3 is 0 Å². The summed E-state index contributed by atoms with van der Waals surface area (Å²) in [5.41, 5.74) is 0. The molecule has 15 heavy (non-hydrogen) atoms. The van der Waals surface area contributed by atoms with Crippen LogP contribution in [0.25, 0.3) is 0 Å². The van der Waals surface area contributed by atoms with Crippen molar-refractivity contribution in [2.75, 3.05) is 12.8 Å². The van der Waals surface area contributed by atoms with Gasteiger partial charge in [0.05, 0.1) is 0 Å². The van der Waals surface area contributed by atoms with E-state index < -0.39 is 0 Å². The van der Waals surface area contributed by atoms with Crippen LogP contribution in [-0.4, -0.2) is 23.6 Å². The van der Waals surface area contributed by atoms with Gasteiger partial charge in [0.15, 0.2) is 0 Å². The molecule has 1 nitrogen and oxygen atoms in total. The quantitative estimate of drug-likeness (QED) is 0.789. The normalized spacial score (nSPS) is 34.8. The van der Waals surface area contributed by atoms with E-state index in [2.05, 4.69) is 30.3 Å². The Balaban J connectivity index is 1.69. The molecular weight excluding hydrogens is 202 g/mol. The third-order valence-electron chi connectivity index (χ3n) is 4.43. The molecule has 0 saturated heterocycles. The third-order valence-corrected chi connectivity index (χ3v) is 5.85. The summed E-state index contributed by atoms with van der Waals surface area (Å²) in [5, 5.41) is 3.82. The van der Waals surface area contributed by atoms with Gasteiger partial charge < -0.3 is 5.32 Å². The van der Waals surface area contributed by atoms with Crippen LogP contribution >= 0.6 is 11.8 Å². The highest BCUT2D eigenvalue weighted by molar-refractivity contribution is 8.00. The van der Waals surface area contributed by atoms with Crippen LogP contribution in [0.5, 0.6) is 0 Å². The van der Waals surface area contributed by atoms with E-state index in [0.29, 0.717) is 4.75 Å². The smallest absolute Gasteiger partial charge is 0.0281 e. The van der Waals surface area contributed by atoms with Gasteiger partial charge in [0, 0.05) is 17.3 Å². The second kappa shape index (κ2) is 5.09. The van der Waals surface area contributed by atoms with Crippen molar-refractivity contribution in [2.45, 2.75) is 62.7 Å². The Kier molecular flexibility index (Phi) is 4.00. The molecule has 2 heteroatoms. The molecule has 0 heterocycles. The van der Waals surface area contributed by atoms with Gasteiger partial charge in [0.1, 0.15) is 0 Å². The summed E-state index contributed by atoms with van der Waals surface area (Å²) >= 11 is 2.09. The van der Waals surface area contributed by atoms with Gasteiger partial charge in [-0.2, -0.15) is 11.8 Å². The van der Waals surface area contributed by atoms with Crippen LogP contribution in [0.2, 0.25) is 0 Å². The molecule has 2 fully saturated rings. The first kappa shape index (κ1) is 11.8. The molecule has 2 aliphatic carbocycles. The zero-order chi connectivity index (χ0) is 10.7. The lowest BCUT2D eigenvalue weighted by molar-refractivity contribution is 0.274. The van der Waals surface area contributed by atoms with E-state index >= 15 is 0 Å². The van der Waals surface area contributed by atoms with Crippen molar-refractivity contribution < 1.29 is 0 Å². The van der Waals surface area contributed by atoms with E-state index in [9.17, 15) is 0 Å². The minimum absolute atomic E-state index is 0.614. The Labute approximate surface area is 98.8 Å². The molecule has 0 aromatic heterocycles. The minimum Gasteiger partial charge on any atom is -0.313 e. The molecule has 0 radical (unpaired) electrons. The summed E-state index contributed by atoms with van der Waals surface area (Å²) in [7, 11) is 0. The van der Waals surface area contributed by atoms with Gasteiger partial charge in [-0.25, -0.2) is 0 Å². The van der Waals surface area contributed by atoms with Gasteiger partial charge in [0.25, 0.3) is 0 Å². The van der Waals surface area contributed by atoms with Crippen molar-refractivity contribution in [1.29, 1.82) is 0 Å². The summed E-state index contributed by atoms with van der Waals surface area (Å²) in [6.07, 6.45) is 12.3. The summed E-state index contributed by atoms with van der Waals surface area (Å²) in [4.78, 5) is 0. The number of hydrogen-bond donors (Lipinski definition) is 1. The van der Waals surface area contributed by atoms with Crippen molar-refractivity contribution in [3.63, 3.8) is 0 Å². The lowest BCUT2D eigenvalue weighted by Crippen LogP contribution is -2.47. The molecule has 0 atom stereocenters. The Morgan fingerprint density at radius 1 is 1.20 bits per heavy atom. The zero-order valence-corrected chi connectivity index (χ0v) is 11.0. The first-order valence-corrected chi connectivity index (χ1v) is 7.75. The number of nitrogens with one attached hydrogen (secondary N) is 1. The lowest BCUT2D eigenvalue weighted by atomic mass is 9.83. The van der Waals surface area contributed by atoms with E-state index in [1.807, 2.05) is 0 Å². The van der Waals surface area contributed by atoms with Crippen LogP contribution in [0, 0.1) is 5.92 Å². The van der Waals surface area contributed by atoms with Gasteiger partial charge in [-0.1, -0.05) is 13.3 Å². The Hall–Kier alpha value is 0.310. The average Bonchev–Trinajstić information content (AvgIpc) is 2.20. The number of thioether (sulfide) groups is 1. The fourth-order valence-corrected chi connectivity index (χ4v) is 3.74. The topological polar surface area (TPSA) is 12.0 Å². The van der Waals surface area contributed by atoms with E-state index in [0.717, 1.165) is 12.0 Å². The molecule has 0 aromatic rings. The van der Waals surface area contributed by atoms with Crippen molar-refractivity contribution in [1.82, 2.24) is 5.32 Å². The van der Waals surface area contributed by atoms with E-state index in [4.69, 9.17) is 0 Å². The average molecular weight is 227 g/mol. The highest BCUT2D eigenvalue weighted by Gasteiger charge is 2.36. The van der Waals surface area contributed by atoms with Gasteiger partial charge in [-0.05, 0) is 50.7 Å². The maximum absolute atomic E-state index is 3.82. The molecule has 2 rings (SSSR count). The molecular formula is C13H25NS. The standard InChI is InChI=1S/C13H25NS/c1-11-4-6-12(7-5-11)14-10-13(15-2)8-3-9-13/h11-12,14H,3-10H2,1-2H3. The minimum atomic E-state index is 0.614. The molecule has 1 N–H and O–H groups in total. The molecule has 0 aromatic carbocycles. The molecule has 0 spiro atoms. The molecule has 0 aliphatic heterocycles. The predicted octanol–water partition coefficient (Wildman–Crippen LogP) is 3.44. The Morgan fingerprint density at radius 3 is 2.33 bits per heavy atom. The molecule has 88 valence electrons. The third kappa shape index (κ3) is 2.91. The Bertz CT molecular complexity index is 187. The van der Waals surface area contributed by atoms with Gasteiger partial charge in [0.2, 0.25) is 0 Å². The zero-order valence-electron chi connectivity index (χ0n) is 10.2. The summed E-state index contributed by atoms with van der Waals surface area (Å²) in [5.74, 6) is 0.973. The van der Waals surface area contributed by atoms with Crippen molar-refractivity contribution in [3.8, 4) is 0 Å². The second-order valence-corrected chi connectivity index (χ2v) is 6.85. The van der Waals surface area contributed by atoms with Crippen LogP contribution < -0.4 is 5.32 Å². The Morgan fingerprint density at radius 2 is 1.87 bits per heavy atom. The maximum atomic E-state index is 3.82. The summed E-state index contributed by atoms with van der Waals surface area (Å²) in [6, 6.07) is 0.825. The SMILES string of the molecule is CSC1(CNC2CCC(C)CC2)CCC1. The van der Waals surface area contributed by atoms with Crippen LogP contribution in [-0.2, 0) is 0 Å². The second-order valence-electron chi connectivity index (χ2n) is 5.58. The fraction of sp³-hybridized carbons (Fsp3) is 1.00. The van der Waals surface area contributed by atoms with Gasteiger partial charge in [-0.3, -0.25) is 0 Å². The highest BCUT2D eigenvalue weighted by Crippen LogP contribution is 2.42. The first-order valence-electron chi connectivity index (χ1n) is 6.53. The maximum Gasteiger partial charge on any atom is 0.0281 e. The van der Waals surface area contributed by atoms with E-state index in [1.165, 1.54) is 51.5 Å². The number of hydrogen-bond acceptors (Lipinski definition) is 2. The van der Waals surface area contributed by atoms with Crippen molar-refractivity contribution >= 4 is 11.8 Å². The van der Waals surface area contributed by atoms with Crippen LogP contribution in [0.1, 0.15) is 51.9 Å². The lowest BCUT2D eigenvalue weighted by Gasteiger charge is -2.42. The van der Waals surface area contributed by atoms with Crippen molar-refractivity contribution in [2.24, 2.45) is 5.92 Å². The number of rotatable bonds is 4. The first-order chi connectivity index (χ1) is 7.24. The van der Waals surface area contributed by atoms with Gasteiger partial charge in [-0.15, -0.1) is 0 Å². The van der Waals surface area contributed by atoms with E-state index in [-0.39, 0.29) is 0 Å². The summed E-state index contributed by atoms with van der Waals surface area (Å²) in [6.45, 7) is 3.65.